The number of hydrogen-bond donors (Lipinski definition) is 1. The monoisotopic (exact) mass is 322 g/mol. The number of urea groups is 1. The molecule has 0 saturated heterocycles. The molecule has 0 saturated carbocycles. The summed E-state index contributed by atoms with van der Waals surface area (Å²) in [5.41, 5.74) is 4.18. The van der Waals surface area contributed by atoms with Crippen molar-refractivity contribution in [1.29, 1.82) is 0 Å². The zero-order valence-corrected chi connectivity index (χ0v) is 13.3. The van der Waals surface area contributed by atoms with Crippen LogP contribution < -0.4 is 10.2 Å². The summed E-state index contributed by atoms with van der Waals surface area (Å²) in [4.78, 5) is 22.7. The van der Waals surface area contributed by atoms with Crippen molar-refractivity contribution in [2.75, 3.05) is 10.2 Å². The highest BCUT2D eigenvalue weighted by molar-refractivity contribution is 7.13. The number of pyridine rings is 1. The molecule has 0 radical (unpaired) electrons. The molecule has 1 aromatic carbocycles. The Labute approximate surface area is 137 Å². The normalized spacial score (nSPS) is 13.6. The number of fused-ring (bicyclic) bond motifs is 1. The van der Waals surface area contributed by atoms with E-state index in [4.69, 9.17) is 0 Å². The van der Waals surface area contributed by atoms with Crippen LogP contribution in [0, 0.1) is 6.92 Å². The van der Waals surface area contributed by atoms with Gasteiger partial charge in [-0.15, -0.1) is 11.3 Å². The summed E-state index contributed by atoms with van der Waals surface area (Å²) in [5.74, 6) is 0.674. The van der Waals surface area contributed by atoms with Gasteiger partial charge in [-0.2, -0.15) is 0 Å². The maximum atomic E-state index is 12.4. The van der Waals surface area contributed by atoms with Crippen LogP contribution in [0.25, 0.3) is 10.6 Å². The second kappa shape index (κ2) is 5.48. The number of carbonyl (C=O) groups excluding carboxylic acids is 1. The fraction of sp³-hybridized carbons (Fsp3) is 0.118. The van der Waals surface area contributed by atoms with Crippen LogP contribution in [-0.2, 0) is 6.54 Å². The van der Waals surface area contributed by atoms with Gasteiger partial charge in [0.2, 0.25) is 0 Å². The average Bonchev–Trinajstić information content (AvgIpc) is 3.05. The van der Waals surface area contributed by atoms with E-state index in [1.165, 1.54) is 11.3 Å². The van der Waals surface area contributed by atoms with Gasteiger partial charge in [-0.3, -0.25) is 9.88 Å². The minimum absolute atomic E-state index is 0.144. The van der Waals surface area contributed by atoms with E-state index in [0.29, 0.717) is 12.4 Å². The van der Waals surface area contributed by atoms with Crippen LogP contribution >= 0.6 is 11.3 Å². The molecule has 3 heterocycles. The average molecular weight is 322 g/mol. The van der Waals surface area contributed by atoms with E-state index in [-0.39, 0.29) is 6.03 Å². The van der Waals surface area contributed by atoms with Gasteiger partial charge in [0.05, 0.1) is 6.54 Å². The molecule has 2 amide bonds. The first-order valence-electron chi connectivity index (χ1n) is 7.25. The summed E-state index contributed by atoms with van der Waals surface area (Å²) in [7, 11) is 0. The SMILES string of the molecule is Cc1cccc2c1CN(c1csc(-c3ccncc3)n1)C(=O)N2. The van der Waals surface area contributed by atoms with Crippen LogP contribution in [0.1, 0.15) is 11.1 Å². The van der Waals surface area contributed by atoms with E-state index in [1.807, 2.05) is 29.6 Å². The van der Waals surface area contributed by atoms with Crippen molar-refractivity contribution in [3.63, 3.8) is 0 Å². The van der Waals surface area contributed by atoms with Crippen LogP contribution in [0.2, 0.25) is 0 Å². The number of aromatic nitrogens is 2. The summed E-state index contributed by atoms with van der Waals surface area (Å²) in [5, 5.41) is 5.74. The Morgan fingerprint density at radius 1 is 1.22 bits per heavy atom. The lowest BCUT2D eigenvalue weighted by Crippen LogP contribution is -2.39. The highest BCUT2D eigenvalue weighted by Gasteiger charge is 2.26. The lowest BCUT2D eigenvalue weighted by molar-refractivity contribution is 0.256. The van der Waals surface area contributed by atoms with E-state index in [0.717, 1.165) is 27.4 Å². The van der Waals surface area contributed by atoms with Gasteiger partial charge in [-0.05, 0) is 36.2 Å². The molecule has 2 aromatic heterocycles. The van der Waals surface area contributed by atoms with E-state index < -0.39 is 0 Å². The minimum atomic E-state index is -0.144. The number of aryl methyl sites for hydroxylation is 1. The topological polar surface area (TPSA) is 58.1 Å². The van der Waals surface area contributed by atoms with Gasteiger partial charge >= 0.3 is 6.03 Å². The number of benzene rings is 1. The van der Waals surface area contributed by atoms with Crippen molar-refractivity contribution in [2.24, 2.45) is 0 Å². The third kappa shape index (κ3) is 2.47. The van der Waals surface area contributed by atoms with Crippen molar-refractivity contribution >= 4 is 28.9 Å². The summed E-state index contributed by atoms with van der Waals surface area (Å²) >= 11 is 1.52. The zero-order chi connectivity index (χ0) is 15.8. The molecule has 114 valence electrons. The molecule has 5 nitrogen and oxygen atoms in total. The molecule has 0 atom stereocenters. The Kier molecular flexibility index (Phi) is 3.31. The van der Waals surface area contributed by atoms with Crippen LogP contribution in [0.15, 0.2) is 48.1 Å². The molecule has 0 unspecified atom stereocenters. The molecule has 1 N–H and O–H groups in total. The Bertz CT molecular complexity index is 875. The number of nitrogens with one attached hydrogen (secondary N) is 1. The van der Waals surface area contributed by atoms with Gasteiger partial charge in [0.1, 0.15) is 10.8 Å². The van der Waals surface area contributed by atoms with Crippen molar-refractivity contribution in [3.8, 4) is 10.6 Å². The number of anilines is 2. The van der Waals surface area contributed by atoms with Crippen molar-refractivity contribution < 1.29 is 4.79 Å². The lowest BCUT2D eigenvalue weighted by Gasteiger charge is -2.28. The highest BCUT2D eigenvalue weighted by Crippen LogP contribution is 2.32. The molecular formula is C17H14N4OS. The first-order valence-corrected chi connectivity index (χ1v) is 8.13. The number of nitrogens with zero attached hydrogens (tertiary/aromatic N) is 3. The Balaban J connectivity index is 1.68. The molecule has 4 rings (SSSR count). The van der Waals surface area contributed by atoms with Crippen LogP contribution in [0.4, 0.5) is 16.3 Å². The zero-order valence-electron chi connectivity index (χ0n) is 12.5. The van der Waals surface area contributed by atoms with Crippen molar-refractivity contribution in [2.45, 2.75) is 13.5 Å². The second-order valence-electron chi connectivity index (χ2n) is 5.36. The number of rotatable bonds is 2. The van der Waals surface area contributed by atoms with Crippen molar-refractivity contribution in [1.82, 2.24) is 9.97 Å². The summed E-state index contributed by atoms with van der Waals surface area (Å²) < 4.78 is 0. The number of hydrogen-bond acceptors (Lipinski definition) is 4. The molecule has 0 spiro atoms. The molecular weight excluding hydrogens is 308 g/mol. The number of carbonyl (C=O) groups is 1. The van der Waals surface area contributed by atoms with E-state index in [2.05, 4.69) is 28.3 Å². The molecule has 1 aliphatic rings. The van der Waals surface area contributed by atoms with Gasteiger partial charge in [0.15, 0.2) is 0 Å². The molecule has 3 aromatic rings. The standard InChI is InChI=1S/C17H14N4OS/c1-11-3-2-4-14-13(11)9-21(17(22)19-14)15-10-23-16(20-15)12-5-7-18-8-6-12/h2-8,10H,9H2,1H3,(H,19,22). The first-order chi connectivity index (χ1) is 11.2. The van der Waals surface area contributed by atoms with Gasteiger partial charge in [-0.25, -0.2) is 9.78 Å². The third-order valence-electron chi connectivity index (χ3n) is 3.91. The molecule has 6 heteroatoms. The van der Waals surface area contributed by atoms with Gasteiger partial charge < -0.3 is 5.32 Å². The quantitative estimate of drug-likeness (QED) is 0.774. The Morgan fingerprint density at radius 3 is 2.87 bits per heavy atom. The molecule has 0 aliphatic carbocycles. The lowest BCUT2D eigenvalue weighted by atomic mass is 10.0. The van der Waals surface area contributed by atoms with Crippen LogP contribution in [0.5, 0.6) is 0 Å². The van der Waals surface area contributed by atoms with Gasteiger partial charge in [0.25, 0.3) is 0 Å². The third-order valence-corrected chi connectivity index (χ3v) is 4.79. The predicted molar refractivity (Wildman–Crippen MR) is 91.7 cm³/mol. The highest BCUT2D eigenvalue weighted by atomic mass is 32.1. The van der Waals surface area contributed by atoms with Gasteiger partial charge in [0, 0.05) is 29.0 Å². The van der Waals surface area contributed by atoms with Crippen LogP contribution in [-0.4, -0.2) is 16.0 Å². The largest absolute Gasteiger partial charge is 0.327 e. The van der Waals surface area contributed by atoms with E-state index >= 15 is 0 Å². The molecule has 0 fully saturated rings. The molecule has 23 heavy (non-hydrogen) atoms. The molecule has 0 bridgehead atoms. The first kappa shape index (κ1) is 13.9. The van der Waals surface area contributed by atoms with E-state index in [9.17, 15) is 4.79 Å². The van der Waals surface area contributed by atoms with Crippen LogP contribution in [0.3, 0.4) is 0 Å². The summed E-state index contributed by atoms with van der Waals surface area (Å²) in [6.07, 6.45) is 3.48. The summed E-state index contributed by atoms with van der Waals surface area (Å²) in [6, 6.07) is 9.62. The molecule has 1 aliphatic heterocycles. The fourth-order valence-electron chi connectivity index (χ4n) is 2.64. The fourth-order valence-corrected chi connectivity index (χ4v) is 3.46. The number of amides is 2. The smallest absolute Gasteiger partial charge is 0.307 e. The van der Waals surface area contributed by atoms with Crippen molar-refractivity contribution in [3.05, 3.63) is 59.2 Å². The Hall–Kier alpha value is -2.73. The summed E-state index contributed by atoms with van der Waals surface area (Å²) in [6.45, 7) is 2.59. The Morgan fingerprint density at radius 2 is 2.04 bits per heavy atom. The van der Waals surface area contributed by atoms with E-state index in [1.54, 1.807) is 17.3 Å². The maximum absolute atomic E-state index is 12.4. The van der Waals surface area contributed by atoms with Gasteiger partial charge in [-0.1, -0.05) is 12.1 Å². The second-order valence-corrected chi connectivity index (χ2v) is 6.22. The number of thiazole rings is 1. The minimum Gasteiger partial charge on any atom is -0.307 e. The predicted octanol–water partition coefficient (Wildman–Crippen LogP) is 4.07. The maximum Gasteiger partial charge on any atom is 0.327 e.